The highest BCUT2D eigenvalue weighted by Gasteiger charge is 2.14. The number of ether oxygens (including phenoxy) is 3. The summed E-state index contributed by atoms with van der Waals surface area (Å²) in [4.78, 5) is 24.2. The molecule has 0 aromatic heterocycles. The number of ketones is 1. The molecule has 0 heterocycles. The molecule has 0 fully saturated rings. The van der Waals surface area contributed by atoms with Crippen LogP contribution in [-0.4, -0.2) is 39.1 Å². The normalized spacial score (nSPS) is 10.3. The first-order chi connectivity index (χ1) is 13.0. The second kappa shape index (κ2) is 9.59. The van der Waals surface area contributed by atoms with Gasteiger partial charge in [-0.3, -0.25) is 9.59 Å². The molecule has 7 nitrogen and oxygen atoms in total. The van der Waals surface area contributed by atoms with Gasteiger partial charge in [-0.2, -0.15) is 0 Å². The minimum absolute atomic E-state index is 0.0706. The number of hydrogen-bond acceptors (Lipinski definition) is 7. The van der Waals surface area contributed by atoms with Crippen molar-refractivity contribution in [1.82, 2.24) is 5.32 Å². The molecule has 0 aliphatic heterocycles. The van der Waals surface area contributed by atoms with E-state index in [1.165, 1.54) is 14.2 Å². The largest absolute Gasteiger partial charge is 0.493 e. The lowest BCUT2D eigenvalue weighted by atomic mass is 10.00. The van der Waals surface area contributed by atoms with Crippen molar-refractivity contribution < 1.29 is 23.8 Å². The number of carbonyl (C=O) groups excluding carboxylic acids is 2. The molecule has 0 bridgehead atoms. The molecule has 2 aromatic rings. The van der Waals surface area contributed by atoms with Crippen molar-refractivity contribution in [2.45, 2.75) is 13.5 Å². The van der Waals surface area contributed by atoms with Crippen LogP contribution in [0.15, 0.2) is 36.4 Å². The van der Waals surface area contributed by atoms with Crippen LogP contribution in [0.5, 0.6) is 11.5 Å². The molecule has 0 spiro atoms. The fraction of sp³-hybridized carbons (Fsp3) is 0.300. The van der Waals surface area contributed by atoms with Crippen molar-refractivity contribution in [2.24, 2.45) is 0 Å². The molecule has 0 unspecified atom stereocenters. The zero-order valence-electron chi connectivity index (χ0n) is 15.7. The van der Waals surface area contributed by atoms with Crippen LogP contribution < -0.4 is 20.5 Å². The van der Waals surface area contributed by atoms with E-state index in [4.69, 9.17) is 19.9 Å². The number of esters is 1. The maximum Gasteiger partial charge on any atom is 0.319 e. The van der Waals surface area contributed by atoms with E-state index in [2.05, 4.69) is 5.32 Å². The van der Waals surface area contributed by atoms with Gasteiger partial charge < -0.3 is 25.3 Å². The first-order valence-electron chi connectivity index (χ1n) is 8.51. The summed E-state index contributed by atoms with van der Waals surface area (Å²) in [5.41, 5.74) is 8.21. The van der Waals surface area contributed by atoms with Crippen molar-refractivity contribution in [3.63, 3.8) is 0 Å². The van der Waals surface area contributed by atoms with Gasteiger partial charge in [0.2, 0.25) is 0 Å². The number of nitrogen functional groups attached to an aromatic ring is 1. The van der Waals surface area contributed by atoms with Gasteiger partial charge in [0.15, 0.2) is 17.3 Å². The van der Waals surface area contributed by atoms with Crippen LogP contribution >= 0.6 is 0 Å². The maximum atomic E-state index is 12.8. The van der Waals surface area contributed by atoms with Crippen molar-refractivity contribution in [1.29, 1.82) is 0 Å². The smallest absolute Gasteiger partial charge is 0.319 e. The lowest BCUT2D eigenvalue weighted by Gasteiger charge is -2.11. The summed E-state index contributed by atoms with van der Waals surface area (Å²) in [6.07, 6.45) is 0. The van der Waals surface area contributed by atoms with E-state index in [-0.39, 0.29) is 18.3 Å². The summed E-state index contributed by atoms with van der Waals surface area (Å²) < 4.78 is 15.3. The molecule has 2 aromatic carbocycles. The van der Waals surface area contributed by atoms with Crippen LogP contribution in [0.4, 0.5) is 5.69 Å². The van der Waals surface area contributed by atoms with Gasteiger partial charge in [0.25, 0.3) is 0 Å². The van der Waals surface area contributed by atoms with Crippen LogP contribution in [0.1, 0.15) is 28.4 Å². The lowest BCUT2D eigenvalue weighted by Crippen LogP contribution is -2.24. The van der Waals surface area contributed by atoms with Gasteiger partial charge in [-0.05, 0) is 48.9 Å². The van der Waals surface area contributed by atoms with Crippen molar-refractivity contribution in [2.75, 3.05) is 33.1 Å². The molecule has 144 valence electrons. The van der Waals surface area contributed by atoms with Gasteiger partial charge in [0.05, 0.1) is 27.4 Å². The third-order valence-corrected chi connectivity index (χ3v) is 3.94. The second-order valence-corrected chi connectivity index (χ2v) is 5.72. The average Bonchev–Trinajstić information content (AvgIpc) is 2.68. The molecule has 0 aliphatic rings. The molecule has 0 aliphatic carbocycles. The average molecular weight is 372 g/mol. The van der Waals surface area contributed by atoms with Crippen molar-refractivity contribution in [3.05, 3.63) is 53.1 Å². The Morgan fingerprint density at radius 3 is 2.33 bits per heavy atom. The third kappa shape index (κ3) is 5.21. The van der Waals surface area contributed by atoms with Gasteiger partial charge in [-0.15, -0.1) is 0 Å². The Balaban J connectivity index is 2.16. The number of carbonyl (C=O) groups is 2. The van der Waals surface area contributed by atoms with Gasteiger partial charge in [-0.1, -0.05) is 0 Å². The first kappa shape index (κ1) is 20.3. The SMILES string of the molecule is CCOC(=O)CNCc1cc(C(=O)c2ccc(OC)c(OC)c2)ccc1N. The predicted molar refractivity (Wildman–Crippen MR) is 102 cm³/mol. The Bertz CT molecular complexity index is 820. The van der Waals surface area contributed by atoms with Crippen LogP contribution in [0.2, 0.25) is 0 Å². The monoisotopic (exact) mass is 372 g/mol. The number of benzene rings is 2. The zero-order chi connectivity index (χ0) is 19.8. The highest BCUT2D eigenvalue weighted by Crippen LogP contribution is 2.28. The van der Waals surface area contributed by atoms with Crippen LogP contribution in [-0.2, 0) is 16.1 Å². The van der Waals surface area contributed by atoms with Crippen LogP contribution in [0, 0.1) is 0 Å². The van der Waals surface area contributed by atoms with E-state index in [1.807, 2.05) is 0 Å². The Morgan fingerprint density at radius 1 is 1.00 bits per heavy atom. The molecule has 2 rings (SSSR count). The molecule has 0 amide bonds. The van der Waals surface area contributed by atoms with E-state index < -0.39 is 0 Å². The van der Waals surface area contributed by atoms with E-state index in [1.54, 1.807) is 43.3 Å². The predicted octanol–water partition coefficient (Wildman–Crippen LogP) is 2.17. The fourth-order valence-electron chi connectivity index (χ4n) is 2.56. The summed E-state index contributed by atoms with van der Waals surface area (Å²) in [6, 6.07) is 10.1. The molecule has 0 radical (unpaired) electrons. The quantitative estimate of drug-likeness (QED) is 0.395. The Kier molecular flexibility index (Phi) is 7.19. The number of rotatable bonds is 9. The summed E-state index contributed by atoms with van der Waals surface area (Å²) in [7, 11) is 3.05. The molecule has 3 N–H and O–H groups in total. The van der Waals surface area contributed by atoms with Crippen LogP contribution in [0.3, 0.4) is 0 Å². The molecule has 0 saturated carbocycles. The molecular weight excluding hydrogens is 348 g/mol. The minimum atomic E-state index is -0.339. The number of nitrogens with one attached hydrogen (secondary N) is 1. The number of methoxy groups -OCH3 is 2. The van der Waals surface area contributed by atoms with E-state index in [0.717, 1.165) is 5.56 Å². The standard InChI is InChI=1S/C20H24N2O5/c1-4-27-19(23)12-22-11-15-9-13(5-7-16(15)21)20(24)14-6-8-17(25-2)18(10-14)26-3/h5-10,22H,4,11-12,21H2,1-3H3. The summed E-state index contributed by atoms with van der Waals surface area (Å²) >= 11 is 0. The van der Waals surface area contributed by atoms with E-state index >= 15 is 0 Å². The number of anilines is 1. The second-order valence-electron chi connectivity index (χ2n) is 5.72. The Hall–Kier alpha value is -3.06. The highest BCUT2D eigenvalue weighted by atomic mass is 16.5. The molecule has 0 saturated heterocycles. The van der Waals surface area contributed by atoms with Gasteiger partial charge in [0, 0.05) is 23.4 Å². The molecule has 7 heteroatoms. The first-order valence-corrected chi connectivity index (χ1v) is 8.51. The van der Waals surface area contributed by atoms with E-state index in [0.29, 0.717) is 41.5 Å². The zero-order valence-corrected chi connectivity index (χ0v) is 15.7. The van der Waals surface area contributed by atoms with Gasteiger partial charge >= 0.3 is 5.97 Å². The lowest BCUT2D eigenvalue weighted by molar-refractivity contribution is -0.142. The number of hydrogen-bond donors (Lipinski definition) is 2. The van der Waals surface area contributed by atoms with Crippen LogP contribution in [0.25, 0.3) is 0 Å². The Labute approximate surface area is 158 Å². The topological polar surface area (TPSA) is 99.9 Å². The minimum Gasteiger partial charge on any atom is -0.493 e. The third-order valence-electron chi connectivity index (χ3n) is 3.94. The molecule has 0 atom stereocenters. The summed E-state index contributed by atoms with van der Waals surface area (Å²) in [5.74, 6) is 0.529. The summed E-state index contributed by atoms with van der Waals surface area (Å²) in [6.45, 7) is 2.50. The summed E-state index contributed by atoms with van der Waals surface area (Å²) in [5, 5.41) is 2.96. The van der Waals surface area contributed by atoms with Gasteiger partial charge in [0.1, 0.15) is 0 Å². The van der Waals surface area contributed by atoms with Crippen molar-refractivity contribution >= 4 is 17.4 Å². The maximum absolute atomic E-state index is 12.8. The fourth-order valence-corrected chi connectivity index (χ4v) is 2.56. The number of nitrogens with two attached hydrogens (primary N) is 1. The van der Waals surface area contributed by atoms with Gasteiger partial charge in [-0.25, -0.2) is 0 Å². The van der Waals surface area contributed by atoms with E-state index in [9.17, 15) is 9.59 Å². The molecular formula is C20H24N2O5. The highest BCUT2D eigenvalue weighted by molar-refractivity contribution is 6.09. The van der Waals surface area contributed by atoms with Crippen molar-refractivity contribution in [3.8, 4) is 11.5 Å². The Morgan fingerprint density at radius 2 is 1.67 bits per heavy atom. The molecule has 27 heavy (non-hydrogen) atoms.